The zero-order chi connectivity index (χ0) is 19.9. The summed E-state index contributed by atoms with van der Waals surface area (Å²) in [7, 11) is 4.04. The molecule has 6 heteroatoms. The van der Waals surface area contributed by atoms with Crippen LogP contribution >= 0.6 is 0 Å². The fourth-order valence-corrected chi connectivity index (χ4v) is 3.28. The second-order valence-corrected chi connectivity index (χ2v) is 7.22. The van der Waals surface area contributed by atoms with Gasteiger partial charge in [0.05, 0.1) is 0 Å². The number of hydrogen-bond acceptors (Lipinski definition) is 4. The van der Waals surface area contributed by atoms with Crippen molar-refractivity contribution in [3.05, 3.63) is 59.7 Å². The van der Waals surface area contributed by atoms with Gasteiger partial charge < -0.3 is 19.9 Å². The van der Waals surface area contributed by atoms with Gasteiger partial charge in [0.25, 0.3) is 5.91 Å². The average Bonchev–Trinajstić information content (AvgIpc) is 3.11. The Morgan fingerprint density at radius 2 is 1.93 bits per heavy atom. The molecule has 3 rings (SSSR count). The number of rotatable bonds is 8. The quantitative estimate of drug-likeness (QED) is 0.763. The van der Waals surface area contributed by atoms with E-state index in [2.05, 4.69) is 16.3 Å². The van der Waals surface area contributed by atoms with E-state index in [1.165, 1.54) is 5.56 Å². The van der Waals surface area contributed by atoms with Crippen molar-refractivity contribution in [2.75, 3.05) is 32.1 Å². The van der Waals surface area contributed by atoms with E-state index in [0.29, 0.717) is 18.7 Å². The van der Waals surface area contributed by atoms with Gasteiger partial charge in [-0.05, 0) is 43.8 Å². The highest BCUT2D eigenvalue weighted by Crippen LogP contribution is 2.25. The van der Waals surface area contributed by atoms with E-state index in [-0.39, 0.29) is 18.4 Å². The average molecular weight is 381 g/mol. The van der Waals surface area contributed by atoms with E-state index in [1.54, 1.807) is 11.0 Å². The maximum Gasteiger partial charge on any atom is 0.258 e. The maximum absolute atomic E-state index is 12.2. The van der Waals surface area contributed by atoms with Crippen molar-refractivity contribution in [3.63, 3.8) is 0 Å². The van der Waals surface area contributed by atoms with Crippen molar-refractivity contribution in [1.29, 1.82) is 0 Å². The molecule has 0 spiro atoms. The van der Waals surface area contributed by atoms with Crippen LogP contribution in [0, 0.1) is 0 Å². The molecule has 2 amide bonds. The minimum absolute atomic E-state index is 0.0623. The number of benzene rings is 2. The Bertz CT molecular complexity index is 835. The summed E-state index contributed by atoms with van der Waals surface area (Å²) in [4.78, 5) is 27.9. The van der Waals surface area contributed by atoms with Gasteiger partial charge in [0.2, 0.25) is 5.91 Å². The van der Waals surface area contributed by atoms with Crippen molar-refractivity contribution < 1.29 is 14.3 Å². The highest BCUT2D eigenvalue weighted by Gasteiger charge is 2.21. The lowest BCUT2D eigenvalue weighted by Crippen LogP contribution is -2.29. The Hall–Kier alpha value is -2.86. The molecule has 1 aliphatic heterocycles. The summed E-state index contributed by atoms with van der Waals surface area (Å²) < 4.78 is 5.63. The molecular weight excluding hydrogens is 354 g/mol. The van der Waals surface area contributed by atoms with E-state index < -0.39 is 0 Å². The molecule has 0 saturated carbocycles. The molecule has 0 aliphatic carbocycles. The van der Waals surface area contributed by atoms with Crippen LogP contribution in [0.25, 0.3) is 0 Å². The smallest absolute Gasteiger partial charge is 0.258 e. The third-order valence-corrected chi connectivity index (χ3v) is 4.65. The fourth-order valence-electron chi connectivity index (χ4n) is 3.28. The molecule has 148 valence electrons. The molecule has 1 fully saturated rings. The van der Waals surface area contributed by atoms with Gasteiger partial charge in [0.1, 0.15) is 5.75 Å². The zero-order valence-corrected chi connectivity index (χ0v) is 16.5. The Labute approximate surface area is 166 Å². The lowest BCUT2D eigenvalue weighted by molar-refractivity contribution is -0.123. The third kappa shape index (κ3) is 5.33. The van der Waals surface area contributed by atoms with Gasteiger partial charge in [-0.25, -0.2) is 0 Å². The van der Waals surface area contributed by atoms with Crippen molar-refractivity contribution in [2.45, 2.75) is 25.9 Å². The van der Waals surface area contributed by atoms with Gasteiger partial charge in [-0.3, -0.25) is 9.59 Å². The van der Waals surface area contributed by atoms with Crippen LogP contribution in [0.2, 0.25) is 0 Å². The molecule has 1 heterocycles. The van der Waals surface area contributed by atoms with Gasteiger partial charge in [0.15, 0.2) is 6.61 Å². The molecule has 6 nitrogen and oxygen atoms in total. The lowest BCUT2D eigenvalue weighted by Gasteiger charge is -2.17. The highest BCUT2D eigenvalue weighted by atomic mass is 16.5. The molecule has 0 aromatic heterocycles. The Kier molecular flexibility index (Phi) is 6.66. The first-order valence-corrected chi connectivity index (χ1v) is 9.54. The molecule has 28 heavy (non-hydrogen) atoms. The maximum atomic E-state index is 12.2. The number of carbonyl (C=O) groups excluding carboxylic acids is 2. The van der Waals surface area contributed by atoms with Crippen LogP contribution in [0.15, 0.2) is 48.5 Å². The summed E-state index contributed by atoms with van der Waals surface area (Å²) in [6, 6.07) is 15.4. The van der Waals surface area contributed by atoms with Crippen molar-refractivity contribution in [3.8, 4) is 5.75 Å². The van der Waals surface area contributed by atoms with Crippen molar-refractivity contribution in [1.82, 2.24) is 10.2 Å². The first-order chi connectivity index (χ1) is 13.5. The molecular formula is C22H27N3O3. The number of carbonyl (C=O) groups is 2. The number of anilines is 1. The van der Waals surface area contributed by atoms with E-state index in [1.807, 2.05) is 50.5 Å². The van der Waals surface area contributed by atoms with Crippen molar-refractivity contribution in [2.24, 2.45) is 0 Å². The molecule has 0 radical (unpaired) electrons. The van der Waals surface area contributed by atoms with Gasteiger partial charge in [-0.2, -0.15) is 0 Å². The van der Waals surface area contributed by atoms with E-state index in [4.69, 9.17) is 4.74 Å². The molecule has 1 N–H and O–H groups in total. The van der Waals surface area contributed by atoms with Crippen LogP contribution in [0.4, 0.5) is 5.69 Å². The monoisotopic (exact) mass is 381 g/mol. The molecule has 1 saturated heterocycles. The second kappa shape index (κ2) is 9.37. The normalized spacial score (nSPS) is 13.8. The van der Waals surface area contributed by atoms with Crippen LogP contribution in [0.3, 0.4) is 0 Å². The first-order valence-electron chi connectivity index (χ1n) is 9.54. The Morgan fingerprint density at radius 1 is 1.14 bits per heavy atom. The van der Waals surface area contributed by atoms with Crippen molar-refractivity contribution >= 4 is 17.5 Å². The second-order valence-electron chi connectivity index (χ2n) is 7.22. The summed E-state index contributed by atoms with van der Waals surface area (Å²) in [5.41, 5.74) is 3.11. The molecule has 0 unspecified atom stereocenters. The van der Waals surface area contributed by atoms with E-state index in [9.17, 15) is 9.59 Å². The minimum Gasteiger partial charge on any atom is -0.484 e. The lowest BCUT2D eigenvalue weighted by atomic mass is 10.1. The fraction of sp³-hybridized carbons (Fsp3) is 0.364. The van der Waals surface area contributed by atoms with Gasteiger partial charge >= 0.3 is 0 Å². The van der Waals surface area contributed by atoms with Crippen LogP contribution in [0.5, 0.6) is 5.75 Å². The summed E-state index contributed by atoms with van der Waals surface area (Å²) in [6.45, 7) is 1.96. The molecule has 2 aromatic carbocycles. The van der Waals surface area contributed by atoms with Gasteiger partial charge in [0, 0.05) is 37.8 Å². The molecule has 1 aliphatic rings. The largest absolute Gasteiger partial charge is 0.484 e. The predicted octanol–water partition coefficient (Wildman–Crippen LogP) is 2.57. The predicted molar refractivity (Wildman–Crippen MR) is 109 cm³/mol. The molecule has 2 aromatic rings. The van der Waals surface area contributed by atoms with Crippen LogP contribution < -0.4 is 15.0 Å². The minimum atomic E-state index is -0.178. The summed E-state index contributed by atoms with van der Waals surface area (Å²) in [6.07, 6.45) is 1.46. The van der Waals surface area contributed by atoms with Crippen LogP contribution in [0.1, 0.15) is 24.0 Å². The van der Waals surface area contributed by atoms with E-state index >= 15 is 0 Å². The third-order valence-electron chi connectivity index (χ3n) is 4.65. The summed E-state index contributed by atoms with van der Waals surface area (Å²) in [5.74, 6) is 0.536. The number of ether oxygens (including phenoxy) is 1. The summed E-state index contributed by atoms with van der Waals surface area (Å²) >= 11 is 0. The van der Waals surface area contributed by atoms with Crippen LogP contribution in [-0.2, 0) is 22.7 Å². The van der Waals surface area contributed by atoms with Gasteiger partial charge in [-0.15, -0.1) is 0 Å². The number of hydrogen-bond donors (Lipinski definition) is 1. The zero-order valence-electron chi connectivity index (χ0n) is 16.5. The van der Waals surface area contributed by atoms with Crippen LogP contribution in [-0.4, -0.2) is 44.0 Å². The Balaban J connectivity index is 1.52. The topological polar surface area (TPSA) is 61.9 Å². The van der Waals surface area contributed by atoms with E-state index in [0.717, 1.165) is 30.8 Å². The number of amides is 2. The summed E-state index contributed by atoms with van der Waals surface area (Å²) in [5, 5.41) is 2.91. The molecule has 0 atom stereocenters. The standard InChI is InChI=1S/C22H27N3O3/c1-24(2)15-18-8-4-3-7-17(18)14-23-21(26)16-28-20-10-5-9-19(13-20)25-12-6-11-22(25)27/h3-5,7-10,13H,6,11-12,14-16H2,1-2H3,(H,23,26). The first kappa shape index (κ1) is 19.9. The highest BCUT2D eigenvalue weighted by molar-refractivity contribution is 5.95. The Morgan fingerprint density at radius 3 is 2.64 bits per heavy atom. The number of nitrogens with one attached hydrogen (secondary N) is 1. The molecule has 0 bridgehead atoms. The SMILES string of the molecule is CN(C)Cc1ccccc1CNC(=O)COc1cccc(N2CCCC2=O)c1. The van der Waals surface area contributed by atoms with Gasteiger partial charge in [-0.1, -0.05) is 30.3 Å². The number of nitrogens with zero attached hydrogens (tertiary/aromatic N) is 2.